The van der Waals surface area contributed by atoms with Crippen molar-refractivity contribution in [3.8, 4) is 0 Å². The first-order chi connectivity index (χ1) is 13.1. The predicted molar refractivity (Wildman–Crippen MR) is 108 cm³/mol. The lowest BCUT2D eigenvalue weighted by atomic mass is 10.3. The smallest absolute Gasteiger partial charge is 0.255 e. The molecule has 1 aromatic heterocycles. The SMILES string of the molecule is COCc1cc(=O)n(CC(=O)Nc2cccc(SC)c2)c(N2CCCC2)n1. The fourth-order valence-electron chi connectivity index (χ4n) is 3.11. The van der Waals surface area contributed by atoms with Gasteiger partial charge in [0, 0.05) is 36.8 Å². The first-order valence-corrected chi connectivity index (χ1v) is 10.1. The van der Waals surface area contributed by atoms with E-state index < -0.39 is 0 Å². The Kier molecular flexibility index (Phi) is 6.52. The number of thioether (sulfide) groups is 1. The highest BCUT2D eigenvalue weighted by atomic mass is 32.2. The van der Waals surface area contributed by atoms with Gasteiger partial charge in [0.1, 0.15) is 6.54 Å². The number of benzene rings is 1. The van der Waals surface area contributed by atoms with E-state index in [-0.39, 0.29) is 24.6 Å². The van der Waals surface area contributed by atoms with E-state index in [0.717, 1.165) is 30.8 Å². The molecule has 3 rings (SSSR count). The zero-order valence-corrected chi connectivity index (χ0v) is 16.4. The van der Waals surface area contributed by atoms with E-state index in [4.69, 9.17) is 4.74 Å². The molecule has 2 aromatic rings. The number of hydrogen-bond acceptors (Lipinski definition) is 6. The van der Waals surface area contributed by atoms with Crippen molar-refractivity contribution in [2.24, 2.45) is 0 Å². The molecule has 1 aliphatic rings. The summed E-state index contributed by atoms with van der Waals surface area (Å²) in [6, 6.07) is 9.05. The van der Waals surface area contributed by atoms with Crippen molar-refractivity contribution in [3.63, 3.8) is 0 Å². The number of anilines is 2. The topological polar surface area (TPSA) is 76.5 Å². The largest absolute Gasteiger partial charge is 0.378 e. The van der Waals surface area contributed by atoms with Crippen molar-refractivity contribution in [2.75, 3.05) is 36.7 Å². The van der Waals surface area contributed by atoms with Gasteiger partial charge in [0.2, 0.25) is 11.9 Å². The maximum Gasteiger partial charge on any atom is 0.255 e. The van der Waals surface area contributed by atoms with Gasteiger partial charge in [-0.1, -0.05) is 6.07 Å². The molecule has 0 saturated carbocycles. The minimum absolute atomic E-state index is 0.0750. The van der Waals surface area contributed by atoms with Crippen LogP contribution in [0.25, 0.3) is 0 Å². The summed E-state index contributed by atoms with van der Waals surface area (Å²) in [6.07, 6.45) is 4.09. The quantitative estimate of drug-likeness (QED) is 0.734. The van der Waals surface area contributed by atoms with E-state index in [1.807, 2.05) is 30.5 Å². The summed E-state index contributed by atoms with van der Waals surface area (Å²) >= 11 is 1.61. The molecular formula is C19H24N4O3S. The van der Waals surface area contributed by atoms with Crippen LogP contribution in [0.3, 0.4) is 0 Å². The lowest BCUT2D eigenvalue weighted by Crippen LogP contribution is -2.34. The number of nitrogens with one attached hydrogen (secondary N) is 1. The van der Waals surface area contributed by atoms with Crippen molar-refractivity contribution < 1.29 is 9.53 Å². The molecular weight excluding hydrogens is 364 g/mol. The Morgan fingerprint density at radius 2 is 2.07 bits per heavy atom. The number of carbonyl (C=O) groups is 1. The van der Waals surface area contributed by atoms with Crippen LogP contribution in [-0.4, -0.2) is 41.9 Å². The van der Waals surface area contributed by atoms with Gasteiger partial charge in [0.15, 0.2) is 0 Å². The lowest BCUT2D eigenvalue weighted by molar-refractivity contribution is -0.116. The number of rotatable bonds is 7. The molecule has 1 amide bonds. The molecule has 0 bridgehead atoms. The molecule has 7 nitrogen and oxygen atoms in total. The first kappa shape index (κ1) is 19.4. The summed E-state index contributed by atoms with van der Waals surface area (Å²) in [5.74, 6) is 0.289. The van der Waals surface area contributed by atoms with Crippen LogP contribution >= 0.6 is 11.8 Å². The number of methoxy groups -OCH3 is 1. The number of ether oxygens (including phenoxy) is 1. The summed E-state index contributed by atoms with van der Waals surface area (Å²) in [4.78, 5) is 32.9. The zero-order chi connectivity index (χ0) is 19.2. The standard InChI is InChI=1S/C19H24N4O3S/c1-26-13-15-11-18(25)23(19(21-15)22-8-3-4-9-22)12-17(24)20-14-6-5-7-16(10-14)27-2/h5-7,10-11H,3-4,8-9,12-13H2,1-2H3,(H,20,24). The number of aromatic nitrogens is 2. The summed E-state index contributed by atoms with van der Waals surface area (Å²) in [5.41, 5.74) is 1.05. The second kappa shape index (κ2) is 9.05. The molecule has 0 aliphatic carbocycles. The monoisotopic (exact) mass is 388 g/mol. The van der Waals surface area contributed by atoms with Crippen molar-refractivity contribution in [1.29, 1.82) is 0 Å². The van der Waals surface area contributed by atoms with Crippen LogP contribution in [0.1, 0.15) is 18.5 Å². The van der Waals surface area contributed by atoms with Gasteiger partial charge in [-0.15, -0.1) is 11.8 Å². The maximum atomic E-state index is 12.6. The second-order valence-electron chi connectivity index (χ2n) is 6.38. The minimum Gasteiger partial charge on any atom is -0.378 e. The normalized spacial score (nSPS) is 13.8. The fraction of sp³-hybridized carbons (Fsp3) is 0.421. The Morgan fingerprint density at radius 1 is 1.30 bits per heavy atom. The lowest BCUT2D eigenvalue weighted by Gasteiger charge is -2.21. The molecule has 0 radical (unpaired) electrons. The first-order valence-electron chi connectivity index (χ1n) is 8.89. The Bertz CT molecular complexity index is 862. The Balaban J connectivity index is 1.83. The van der Waals surface area contributed by atoms with Crippen LogP contribution < -0.4 is 15.8 Å². The third-order valence-corrected chi connectivity index (χ3v) is 5.10. The van der Waals surface area contributed by atoms with E-state index in [1.54, 1.807) is 18.9 Å². The molecule has 8 heteroatoms. The van der Waals surface area contributed by atoms with Crippen molar-refractivity contribution in [2.45, 2.75) is 30.9 Å². The van der Waals surface area contributed by atoms with Gasteiger partial charge < -0.3 is 15.0 Å². The number of nitrogens with zero attached hydrogens (tertiary/aromatic N) is 3. The molecule has 0 unspecified atom stereocenters. The maximum absolute atomic E-state index is 12.6. The molecule has 1 N–H and O–H groups in total. The zero-order valence-electron chi connectivity index (χ0n) is 15.6. The van der Waals surface area contributed by atoms with Crippen molar-refractivity contribution >= 4 is 29.3 Å². The van der Waals surface area contributed by atoms with Gasteiger partial charge in [-0.05, 0) is 37.3 Å². The Hall–Kier alpha value is -2.32. The second-order valence-corrected chi connectivity index (χ2v) is 7.26. The van der Waals surface area contributed by atoms with Crippen LogP contribution in [0.5, 0.6) is 0 Å². The van der Waals surface area contributed by atoms with Crippen LogP contribution in [0, 0.1) is 0 Å². The van der Waals surface area contributed by atoms with Crippen LogP contribution in [0.2, 0.25) is 0 Å². The molecule has 1 aliphatic heterocycles. The molecule has 1 fully saturated rings. The van der Waals surface area contributed by atoms with Gasteiger partial charge in [-0.2, -0.15) is 0 Å². The van der Waals surface area contributed by atoms with Gasteiger partial charge in [0.05, 0.1) is 12.3 Å². The molecule has 27 heavy (non-hydrogen) atoms. The van der Waals surface area contributed by atoms with E-state index >= 15 is 0 Å². The number of carbonyl (C=O) groups excluding carboxylic acids is 1. The third kappa shape index (κ3) is 4.90. The third-order valence-electron chi connectivity index (χ3n) is 4.38. The van der Waals surface area contributed by atoms with Crippen molar-refractivity contribution in [3.05, 3.63) is 46.4 Å². The van der Waals surface area contributed by atoms with Gasteiger partial charge in [0.25, 0.3) is 5.56 Å². The molecule has 2 heterocycles. The van der Waals surface area contributed by atoms with Crippen LogP contribution in [-0.2, 0) is 22.7 Å². The van der Waals surface area contributed by atoms with E-state index in [1.165, 1.54) is 10.6 Å². The van der Waals surface area contributed by atoms with Gasteiger partial charge in [-0.25, -0.2) is 4.98 Å². The van der Waals surface area contributed by atoms with Gasteiger partial charge >= 0.3 is 0 Å². The Labute approximate surface area is 162 Å². The number of hydrogen-bond donors (Lipinski definition) is 1. The molecule has 0 spiro atoms. The average Bonchev–Trinajstić information content (AvgIpc) is 3.18. The molecule has 1 saturated heterocycles. The molecule has 1 aromatic carbocycles. The fourth-order valence-corrected chi connectivity index (χ4v) is 3.57. The molecule has 0 atom stereocenters. The summed E-state index contributed by atoms with van der Waals surface area (Å²) in [7, 11) is 1.57. The highest BCUT2D eigenvalue weighted by Gasteiger charge is 2.20. The van der Waals surface area contributed by atoms with E-state index in [9.17, 15) is 9.59 Å². The van der Waals surface area contributed by atoms with Gasteiger partial charge in [-0.3, -0.25) is 14.2 Å². The highest BCUT2D eigenvalue weighted by Crippen LogP contribution is 2.20. The van der Waals surface area contributed by atoms with Crippen LogP contribution in [0.4, 0.5) is 11.6 Å². The molecule has 144 valence electrons. The Morgan fingerprint density at radius 3 is 2.78 bits per heavy atom. The number of amides is 1. The summed E-state index contributed by atoms with van der Waals surface area (Å²) < 4.78 is 6.55. The summed E-state index contributed by atoms with van der Waals surface area (Å²) in [5, 5.41) is 2.87. The van der Waals surface area contributed by atoms with Crippen molar-refractivity contribution in [1.82, 2.24) is 9.55 Å². The summed E-state index contributed by atoms with van der Waals surface area (Å²) in [6.45, 7) is 1.86. The highest BCUT2D eigenvalue weighted by molar-refractivity contribution is 7.98. The van der Waals surface area contributed by atoms with Crippen LogP contribution in [0.15, 0.2) is 40.0 Å². The average molecular weight is 388 g/mol. The van der Waals surface area contributed by atoms with E-state index in [2.05, 4.69) is 15.2 Å². The van der Waals surface area contributed by atoms with E-state index in [0.29, 0.717) is 17.3 Å². The predicted octanol–water partition coefficient (Wildman–Crippen LogP) is 2.35. The minimum atomic E-state index is -0.253.